The first-order valence-electron chi connectivity index (χ1n) is 10.3. The lowest BCUT2D eigenvalue weighted by Gasteiger charge is -2.18. The molecule has 34 heavy (non-hydrogen) atoms. The first-order chi connectivity index (χ1) is 16.2. The molecule has 9 nitrogen and oxygen atoms in total. The zero-order chi connectivity index (χ0) is 24.3. The number of fused-ring (bicyclic) bond motifs is 1. The molecule has 1 aliphatic heterocycles. The number of hydrogen-bond acceptors (Lipinski definition) is 7. The Hall–Kier alpha value is -3.77. The van der Waals surface area contributed by atoms with Crippen molar-refractivity contribution in [1.29, 1.82) is 0 Å². The van der Waals surface area contributed by atoms with E-state index in [-0.39, 0.29) is 24.0 Å². The minimum Gasteiger partial charge on any atom is -0.461 e. The van der Waals surface area contributed by atoms with Crippen LogP contribution in [0.4, 0.5) is 29.6 Å². The number of aromatic nitrogens is 3. The van der Waals surface area contributed by atoms with Crippen molar-refractivity contribution in [2.45, 2.75) is 18.7 Å². The van der Waals surface area contributed by atoms with E-state index >= 15 is 0 Å². The number of carbonyl (C=O) groups excluding carboxylic acids is 1. The van der Waals surface area contributed by atoms with E-state index in [1.54, 1.807) is 12.1 Å². The molecule has 0 fully saturated rings. The number of ether oxygens (including phenoxy) is 1. The van der Waals surface area contributed by atoms with Gasteiger partial charge < -0.3 is 14.9 Å². The van der Waals surface area contributed by atoms with Crippen molar-refractivity contribution in [1.82, 2.24) is 15.0 Å². The normalized spacial score (nSPS) is 14.0. The van der Waals surface area contributed by atoms with Gasteiger partial charge in [-0.2, -0.15) is 18.2 Å². The highest BCUT2D eigenvalue weighted by Crippen LogP contribution is 2.34. The summed E-state index contributed by atoms with van der Waals surface area (Å²) in [5.74, 6) is 0.486. The van der Waals surface area contributed by atoms with Gasteiger partial charge in [-0.15, -0.1) is 0 Å². The smallest absolute Gasteiger partial charge is 0.416 e. The van der Waals surface area contributed by atoms with Gasteiger partial charge in [0.05, 0.1) is 17.9 Å². The maximum Gasteiger partial charge on any atom is 0.416 e. The van der Waals surface area contributed by atoms with E-state index in [4.69, 9.17) is 9.84 Å². The molecular weight excluding hydrogens is 455 g/mol. The fraction of sp³-hybridized carbons (Fsp3) is 0.273. The summed E-state index contributed by atoms with van der Waals surface area (Å²) >= 11 is 0. The Morgan fingerprint density at radius 1 is 1.21 bits per heavy atom. The van der Waals surface area contributed by atoms with Gasteiger partial charge in [0.25, 0.3) is 0 Å². The molecule has 1 aromatic carbocycles. The number of aliphatic hydroxyl groups is 2. The number of benzene rings is 1. The molecular formula is C22H20F3N5O4. The van der Waals surface area contributed by atoms with E-state index in [1.807, 2.05) is 0 Å². The van der Waals surface area contributed by atoms with Crippen LogP contribution in [0.3, 0.4) is 0 Å². The highest BCUT2D eigenvalue weighted by molar-refractivity contribution is 6.02. The SMILES string of the molecule is O=C(Nc1ccnc(OCC(O)CO)n1)N1CCc2ccc(-c3cccc(C(F)(F)F)c3)nc21. The number of carbonyl (C=O) groups is 1. The number of rotatable bonds is 6. The van der Waals surface area contributed by atoms with Gasteiger partial charge in [0.2, 0.25) is 0 Å². The molecule has 12 heteroatoms. The predicted molar refractivity (Wildman–Crippen MR) is 115 cm³/mol. The summed E-state index contributed by atoms with van der Waals surface area (Å²) in [4.78, 5) is 26.6. The van der Waals surface area contributed by atoms with Crippen LogP contribution in [0.25, 0.3) is 11.3 Å². The van der Waals surface area contributed by atoms with Crippen molar-refractivity contribution in [2.24, 2.45) is 0 Å². The predicted octanol–water partition coefficient (Wildman–Crippen LogP) is 2.88. The van der Waals surface area contributed by atoms with E-state index < -0.39 is 30.5 Å². The summed E-state index contributed by atoms with van der Waals surface area (Å²) in [6, 6.07) is 9.02. The third-order valence-corrected chi connectivity index (χ3v) is 5.03. The minimum absolute atomic E-state index is 0.0999. The van der Waals surface area contributed by atoms with E-state index in [9.17, 15) is 23.1 Å². The summed E-state index contributed by atoms with van der Waals surface area (Å²) in [6.07, 6.45) is -3.68. The van der Waals surface area contributed by atoms with Crippen LogP contribution in [0.1, 0.15) is 11.1 Å². The number of anilines is 2. The summed E-state index contributed by atoms with van der Waals surface area (Å²) in [5, 5.41) is 20.8. The van der Waals surface area contributed by atoms with Crippen molar-refractivity contribution in [2.75, 3.05) is 30.0 Å². The molecule has 3 aromatic rings. The van der Waals surface area contributed by atoms with Crippen LogP contribution >= 0.6 is 0 Å². The second-order valence-corrected chi connectivity index (χ2v) is 7.46. The molecule has 0 bridgehead atoms. The summed E-state index contributed by atoms with van der Waals surface area (Å²) in [5.41, 5.74) is 0.600. The maximum absolute atomic E-state index is 13.1. The second kappa shape index (κ2) is 9.61. The molecule has 2 aromatic heterocycles. The van der Waals surface area contributed by atoms with E-state index in [2.05, 4.69) is 20.3 Å². The lowest BCUT2D eigenvalue weighted by Crippen LogP contribution is -2.34. The Morgan fingerprint density at radius 3 is 2.79 bits per heavy atom. The average molecular weight is 475 g/mol. The minimum atomic E-state index is -4.48. The molecule has 3 N–H and O–H groups in total. The van der Waals surface area contributed by atoms with Gasteiger partial charge in [0.15, 0.2) is 0 Å². The molecule has 0 radical (unpaired) electrons. The van der Waals surface area contributed by atoms with Crippen LogP contribution < -0.4 is 15.0 Å². The fourth-order valence-corrected chi connectivity index (χ4v) is 3.34. The first kappa shape index (κ1) is 23.4. The van der Waals surface area contributed by atoms with Crippen LogP contribution in [-0.4, -0.2) is 57.1 Å². The van der Waals surface area contributed by atoms with Gasteiger partial charge >= 0.3 is 18.2 Å². The molecule has 1 atom stereocenters. The van der Waals surface area contributed by atoms with Gasteiger partial charge in [-0.3, -0.25) is 10.2 Å². The third-order valence-electron chi connectivity index (χ3n) is 5.03. The van der Waals surface area contributed by atoms with Crippen molar-refractivity contribution in [3.8, 4) is 17.3 Å². The molecule has 3 heterocycles. The monoisotopic (exact) mass is 475 g/mol. The Morgan fingerprint density at radius 2 is 2.03 bits per heavy atom. The number of nitrogens with zero attached hydrogens (tertiary/aromatic N) is 4. The number of nitrogens with one attached hydrogen (secondary N) is 1. The number of amides is 2. The van der Waals surface area contributed by atoms with Gasteiger partial charge in [-0.25, -0.2) is 14.8 Å². The second-order valence-electron chi connectivity index (χ2n) is 7.46. The van der Waals surface area contributed by atoms with Crippen molar-refractivity contribution in [3.63, 3.8) is 0 Å². The molecule has 0 aliphatic carbocycles. The van der Waals surface area contributed by atoms with Gasteiger partial charge in [-0.05, 0) is 36.2 Å². The van der Waals surface area contributed by atoms with Gasteiger partial charge in [-0.1, -0.05) is 18.2 Å². The number of pyridine rings is 1. The number of urea groups is 1. The zero-order valence-electron chi connectivity index (χ0n) is 17.7. The Kier molecular flexibility index (Phi) is 6.61. The summed E-state index contributed by atoms with van der Waals surface area (Å²) < 4.78 is 44.4. The van der Waals surface area contributed by atoms with Crippen molar-refractivity contribution < 1.29 is 32.9 Å². The molecule has 0 saturated heterocycles. The van der Waals surface area contributed by atoms with Crippen LogP contribution in [0, 0.1) is 0 Å². The van der Waals surface area contributed by atoms with Crippen molar-refractivity contribution >= 4 is 17.7 Å². The Balaban J connectivity index is 1.52. The Labute approximate surface area is 191 Å². The van der Waals surface area contributed by atoms with Crippen LogP contribution in [-0.2, 0) is 12.6 Å². The molecule has 178 valence electrons. The summed E-state index contributed by atoms with van der Waals surface area (Å²) in [7, 11) is 0. The van der Waals surface area contributed by atoms with Crippen molar-refractivity contribution in [3.05, 3.63) is 59.8 Å². The molecule has 1 unspecified atom stereocenters. The molecule has 0 saturated carbocycles. The standard InChI is InChI=1S/C22H20F3N5O4/c23-22(24,25)15-3-1-2-14(10-15)17-5-4-13-7-9-30(19(13)27-17)21(33)29-18-6-8-26-20(28-18)34-12-16(32)11-31/h1-6,8,10,16,31-32H,7,9,11-12H2,(H,26,28,29,33). The number of aliphatic hydroxyl groups excluding tert-OH is 2. The van der Waals surface area contributed by atoms with Gasteiger partial charge in [0, 0.05) is 18.3 Å². The van der Waals surface area contributed by atoms with Crippen LogP contribution in [0.5, 0.6) is 6.01 Å². The highest BCUT2D eigenvalue weighted by Gasteiger charge is 2.31. The molecule has 0 spiro atoms. The maximum atomic E-state index is 13.1. The number of hydrogen-bond donors (Lipinski definition) is 3. The topological polar surface area (TPSA) is 121 Å². The zero-order valence-corrected chi connectivity index (χ0v) is 17.7. The fourth-order valence-electron chi connectivity index (χ4n) is 3.34. The number of alkyl halides is 3. The first-order valence-corrected chi connectivity index (χ1v) is 10.3. The average Bonchev–Trinajstić information content (AvgIpc) is 3.26. The van der Waals surface area contributed by atoms with Gasteiger partial charge in [0.1, 0.15) is 24.3 Å². The number of halogens is 3. The molecule has 1 aliphatic rings. The molecule has 2 amide bonds. The van der Waals surface area contributed by atoms with Crippen LogP contribution in [0.15, 0.2) is 48.7 Å². The Bertz CT molecular complexity index is 1190. The third kappa shape index (κ3) is 5.24. The quantitative estimate of drug-likeness (QED) is 0.501. The lowest BCUT2D eigenvalue weighted by atomic mass is 10.1. The molecule has 4 rings (SSSR count). The van der Waals surface area contributed by atoms with Crippen LogP contribution in [0.2, 0.25) is 0 Å². The van der Waals surface area contributed by atoms with E-state index in [0.29, 0.717) is 24.5 Å². The van der Waals surface area contributed by atoms with E-state index in [1.165, 1.54) is 29.3 Å². The van der Waals surface area contributed by atoms with E-state index in [0.717, 1.165) is 17.7 Å². The highest BCUT2D eigenvalue weighted by atomic mass is 19.4. The largest absolute Gasteiger partial charge is 0.461 e. The lowest BCUT2D eigenvalue weighted by molar-refractivity contribution is -0.137. The summed E-state index contributed by atoms with van der Waals surface area (Å²) in [6.45, 7) is -0.382.